The number of primary amides is 1. The molecule has 0 bridgehead atoms. The van der Waals surface area contributed by atoms with Gasteiger partial charge in [-0.25, -0.2) is 13.2 Å². The minimum Gasteiger partial charge on any atom is -0.450 e. The molecule has 0 rings (SSSR count). The van der Waals surface area contributed by atoms with Crippen molar-refractivity contribution in [3.8, 4) is 0 Å². The van der Waals surface area contributed by atoms with Crippen LogP contribution < -0.4 is 11.5 Å². The zero-order chi connectivity index (χ0) is 11.7. The Balaban J connectivity index is 3.53. The van der Waals surface area contributed by atoms with Gasteiger partial charge in [0.2, 0.25) is 0 Å². The molecule has 0 fully saturated rings. The second-order valence-corrected chi connectivity index (χ2v) is 5.47. The largest absolute Gasteiger partial charge is 0.450 e. The Morgan fingerprint density at radius 2 is 1.73 bits per heavy atom. The lowest BCUT2D eigenvalue weighted by Gasteiger charge is -2.03. The fourth-order valence-corrected chi connectivity index (χ4v) is 2.46. The number of nitrogens with two attached hydrogens (primary N) is 2. The van der Waals surface area contributed by atoms with E-state index in [1.54, 1.807) is 0 Å². The number of carbonyl (C=O) groups excluding carboxylic acids is 1. The van der Waals surface area contributed by atoms with E-state index in [0.29, 0.717) is 25.8 Å². The molecule has 0 aromatic rings. The van der Waals surface area contributed by atoms with E-state index in [4.69, 9.17) is 11.5 Å². The number of carbonyl (C=O) groups is 1. The van der Waals surface area contributed by atoms with Gasteiger partial charge < -0.3 is 16.2 Å². The second kappa shape index (κ2) is 7.47. The molecule has 0 saturated carbocycles. The minimum absolute atomic E-state index is 0.106. The third-order valence-electron chi connectivity index (χ3n) is 1.75. The summed E-state index contributed by atoms with van der Waals surface area (Å²) in [5.74, 6) is 0.231. The zero-order valence-electron chi connectivity index (χ0n) is 8.65. The molecule has 0 aromatic carbocycles. The predicted octanol–water partition coefficient (Wildman–Crippen LogP) is -0.374. The highest BCUT2D eigenvalue weighted by Gasteiger charge is 2.09. The summed E-state index contributed by atoms with van der Waals surface area (Å²) in [4.78, 5) is 10.2. The molecule has 7 heteroatoms. The highest BCUT2D eigenvalue weighted by Crippen LogP contribution is 1.99. The second-order valence-electron chi connectivity index (χ2n) is 3.17. The van der Waals surface area contributed by atoms with Crippen LogP contribution in [0.3, 0.4) is 0 Å². The van der Waals surface area contributed by atoms with Crippen LogP contribution in [0, 0.1) is 0 Å². The maximum atomic E-state index is 11.3. The highest BCUT2D eigenvalue weighted by molar-refractivity contribution is 7.91. The van der Waals surface area contributed by atoms with Crippen LogP contribution in [0.1, 0.15) is 19.3 Å². The van der Waals surface area contributed by atoms with Crippen molar-refractivity contribution in [3.05, 3.63) is 0 Å². The summed E-state index contributed by atoms with van der Waals surface area (Å²) in [6.45, 7) is 0.547. The van der Waals surface area contributed by atoms with Gasteiger partial charge in [-0.2, -0.15) is 0 Å². The predicted molar refractivity (Wildman–Crippen MR) is 57.1 cm³/mol. The summed E-state index contributed by atoms with van der Waals surface area (Å²) >= 11 is 0. The molecular weight excluding hydrogens is 220 g/mol. The van der Waals surface area contributed by atoms with Crippen LogP contribution in [-0.4, -0.2) is 39.2 Å². The van der Waals surface area contributed by atoms with E-state index in [1.807, 2.05) is 0 Å². The van der Waals surface area contributed by atoms with Crippen molar-refractivity contribution in [3.63, 3.8) is 0 Å². The lowest BCUT2D eigenvalue weighted by molar-refractivity contribution is 0.155. The smallest absolute Gasteiger partial charge is 0.404 e. The monoisotopic (exact) mass is 238 g/mol. The third kappa shape index (κ3) is 9.48. The van der Waals surface area contributed by atoms with Gasteiger partial charge in [0.1, 0.15) is 9.84 Å². The molecule has 1 amide bonds. The van der Waals surface area contributed by atoms with Gasteiger partial charge >= 0.3 is 6.09 Å². The number of unbranched alkanes of at least 4 members (excludes halogenated alkanes) is 1. The average Bonchev–Trinajstić information content (AvgIpc) is 2.14. The van der Waals surface area contributed by atoms with E-state index in [0.717, 1.165) is 0 Å². The molecule has 0 aliphatic rings. The lowest BCUT2D eigenvalue weighted by Crippen LogP contribution is -2.16. The Morgan fingerprint density at radius 3 is 2.27 bits per heavy atom. The molecule has 0 unspecified atom stereocenters. The summed E-state index contributed by atoms with van der Waals surface area (Å²) < 4.78 is 27.1. The van der Waals surface area contributed by atoms with Crippen molar-refractivity contribution in [1.29, 1.82) is 0 Å². The van der Waals surface area contributed by atoms with Crippen molar-refractivity contribution in [2.45, 2.75) is 19.3 Å². The van der Waals surface area contributed by atoms with Gasteiger partial charge in [0, 0.05) is 0 Å². The molecule has 0 radical (unpaired) electrons. The van der Waals surface area contributed by atoms with Crippen molar-refractivity contribution >= 4 is 15.9 Å². The topological polar surface area (TPSA) is 112 Å². The number of rotatable bonds is 8. The van der Waals surface area contributed by atoms with Crippen molar-refractivity contribution in [2.24, 2.45) is 11.5 Å². The third-order valence-corrected chi connectivity index (χ3v) is 3.57. The van der Waals surface area contributed by atoms with Gasteiger partial charge in [0.15, 0.2) is 0 Å². The van der Waals surface area contributed by atoms with Crippen LogP contribution in [0.25, 0.3) is 0 Å². The SMILES string of the molecule is NCCCS(=O)(=O)CCCCOC(N)=O. The van der Waals surface area contributed by atoms with Crippen LogP contribution in [0.5, 0.6) is 0 Å². The van der Waals surface area contributed by atoms with E-state index in [2.05, 4.69) is 4.74 Å². The average molecular weight is 238 g/mol. The van der Waals surface area contributed by atoms with E-state index in [-0.39, 0.29) is 18.1 Å². The molecule has 4 N–H and O–H groups in total. The Kier molecular flexibility index (Phi) is 7.06. The molecule has 90 valence electrons. The summed E-state index contributed by atoms with van der Waals surface area (Å²) in [6.07, 6.45) is 0.631. The molecule has 15 heavy (non-hydrogen) atoms. The number of ether oxygens (including phenoxy) is 1. The maximum absolute atomic E-state index is 11.3. The molecular formula is C8H18N2O4S. The van der Waals surface area contributed by atoms with Gasteiger partial charge in [-0.15, -0.1) is 0 Å². The lowest BCUT2D eigenvalue weighted by atomic mass is 10.4. The highest BCUT2D eigenvalue weighted by atomic mass is 32.2. The van der Waals surface area contributed by atoms with E-state index >= 15 is 0 Å². The van der Waals surface area contributed by atoms with Crippen molar-refractivity contribution in [1.82, 2.24) is 0 Å². The first kappa shape index (κ1) is 14.2. The Morgan fingerprint density at radius 1 is 1.13 bits per heavy atom. The number of sulfone groups is 1. The molecule has 0 saturated heterocycles. The Bertz CT molecular complexity index is 276. The molecule has 0 aliphatic carbocycles. The van der Waals surface area contributed by atoms with Crippen LogP contribution in [0.4, 0.5) is 4.79 Å². The standard InChI is InChI=1S/C8H18N2O4S/c9-4-3-7-15(12,13)6-2-1-5-14-8(10)11/h1-7,9H2,(H2,10,11). The van der Waals surface area contributed by atoms with Crippen LogP contribution in [0.2, 0.25) is 0 Å². The van der Waals surface area contributed by atoms with Gasteiger partial charge in [0.05, 0.1) is 18.1 Å². The summed E-state index contributed by atoms with van der Waals surface area (Å²) in [6, 6.07) is 0. The Labute approximate surface area is 89.9 Å². The summed E-state index contributed by atoms with van der Waals surface area (Å²) in [5, 5.41) is 0. The van der Waals surface area contributed by atoms with Gasteiger partial charge in [-0.1, -0.05) is 0 Å². The van der Waals surface area contributed by atoms with Gasteiger partial charge in [0.25, 0.3) is 0 Å². The Hall–Kier alpha value is -0.820. The van der Waals surface area contributed by atoms with Crippen LogP contribution >= 0.6 is 0 Å². The molecule has 0 aliphatic heterocycles. The van der Waals surface area contributed by atoms with E-state index in [1.165, 1.54) is 0 Å². The molecule has 0 aromatic heterocycles. The van der Waals surface area contributed by atoms with Crippen LogP contribution in [-0.2, 0) is 14.6 Å². The van der Waals surface area contributed by atoms with Gasteiger partial charge in [-0.3, -0.25) is 0 Å². The molecule has 0 spiro atoms. The van der Waals surface area contributed by atoms with Crippen molar-refractivity contribution in [2.75, 3.05) is 24.7 Å². The minimum atomic E-state index is -3.00. The number of hydrogen-bond donors (Lipinski definition) is 2. The van der Waals surface area contributed by atoms with E-state index < -0.39 is 15.9 Å². The first-order valence-electron chi connectivity index (χ1n) is 4.80. The fraction of sp³-hybridized carbons (Fsp3) is 0.875. The van der Waals surface area contributed by atoms with E-state index in [9.17, 15) is 13.2 Å². The molecule has 0 atom stereocenters. The summed E-state index contributed by atoms with van der Waals surface area (Å²) in [7, 11) is -3.00. The summed E-state index contributed by atoms with van der Waals surface area (Å²) in [5.41, 5.74) is 9.94. The van der Waals surface area contributed by atoms with Crippen molar-refractivity contribution < 1.29 is 17.9 Å². The zero-order valence-corrected chi connectivity index (χ0v) is 9.46. The first-order valence-corrected chi connectivity index (χ1v) is 6.63. The quantitative estimate of drug-likeness (QED) is 0.560. The normalized spacial score (nSPS) is 11.3. The number of hydrogen-bond acceptors (Lipinski definition) is 5. The first-order chi connectivity index (χ1) is 6.98. The molecule has 6 nitrogen and oxygen atoms in total. The number of amides is 1. The maximum Gasteiger partial charge on any atom is 0.404 e. The molecule has 0 heterocycles. The fourth-order valence-electron chi connectivity index (χ4n) is 1.00. The van der Waals surface area contributed by atoms with Crippen LogP contribution in [0.15, 0.2) is 0 Å². The van der Waals surface area contributed by atoms with Gasteiger partial charge in [-0.05, 0) is 25.8 Å².